The average Bonchev–Trinajstić information content (AvgIpc) is 2.54. The molecule has 0 amide bonds. The van der Waals surface area contributed by atoms with Gasteiger partial charge in [-0.25, -0.2) is 0 Å². The molecular weight excluding hydrogens is 369 g/mol. The van der Waals surface area contributed by atoms with Crippen LogP contribution >= 0.6 is 24.4 Å². The van der Waals surface area contributed by atoms with E-state index in [2.05, 4.69) is 10.6 Å². The van der Waals surface area contributed by atoms with E-state index in [1.54, 1.807) is 31.4 Å². The summed E-state index contributed by atoms with van der Waals surface area (Å²) < 4.78 is 44.0. The van der Waals surface area contributed by atoms with E-state index in [9.17, 15) is 13.2 Å². The van der Waals surface area contributed by atoms with E-state index in [0.717, 1.165) is 11.8 Å². The van der Waals surface area contributed by atoms with Crippen molar-refractivity contribution < 1.29 is 17.9 Å². The minimum Gasteiger partial charge on any atom is -0.497 e. The summed E-state index contributed by atoms with van der Waals surface area (Å²) in [6.45, 7) is 0. The highest BCUT2D eigenvalue weighted by atomic mass is 32.1. The Kier molecular flexibility index (Phi) is 6.33. The van der Waals surface area contributed by atoms with Crippen molar-refractivity contribution >= 4 is 45.8 Å². The van der Waals surface area contributed by atoms with Gasteiger partial charge in [0.05, 0.1) is 28.3 Å². The quantitative estimate of drug-likeness (QED) is 0.685. The third-order valence-electron chi connectivity index (χ3n) is 3.20. The minimum atomic E-state index is -4.46. The van der Waals surface area contributed by atoms with Crippen molar-refractivity contribution in [2.45, 2.75) is 12.6 Å². The van der Waals surface area contributed by atoms with Crippen LogP contribution in [-0.4, -0.2) is 17.1 Å². The number of ether oxygens (including phenoxy) is 1. The number of para-hydroxylation sites is 1. The number of methoxy groups -OCH3 is 1. The fraction of sp³-hybridized carbons (Fsp3) is 0.176. The van der Waals surface area contributed by atoms with Gasteiger partial charge in [-0.1, -0.05) is 36.6 Å². The summed E-state index contributed by atoms with van der Waals surface area (Å²) in [6, 6.07) is 12.2. The largest absolute Gasteiger partial charge is 0.497 e. The lowest BCUT2D eigenvalue weighted by molar-refractivity contribution is -0.136. The van der Waals surface area contributed by atoms with Crippen LogP contribution in [0.15, 0.2) is 48.5 Å². The summed E-state index contributed by atoms with van der Waals surface area (Å²) in [4.78, 5) is 0.592. The van der Waals surface area contributed by atoms with Crippen molar-refractivity contribution in [1.29, 1.82) is 0 Å². The lowest BCUT2D eigenvalue weighted by Gasteiger charge is -2.15. The van der Waals surface area contributed by atoms with Gasteiger partial charge in [-0.2, -0.15) is 13.2 Å². The first kappa shape index (κ1) is 19.1. The summed E-state index contributed by atoms with van der Waals surface area (Å²) in [5.41, 5.74) is -0.122. The number of alkyl halides is 3. The lowest BCUT2D eigenvalue weighted by Crippen LogP contribution is -2.20. The Balaban J connectivity index is 1.97. The highest BCUT2D eigenvalue weighted by molar-refractivity contribution is 7.82. The average molecular weight is 384 g/mol. The predicted molar refractivity (Wildman–Crippen MR) is 101 cm³/mol. The second-order valence-electron chi connectivity index (χ2n) is 5.04. The molecule has 0 aliphatic heterocycles. The Bertz CT molecular complexity index is 761. The maximum absolute atomic E-state index is 13.0. The first-order chi connectivity index (χ1) is 11.8. The molecule has 0 bridgehead atoms. The van der Waals surface area contributed by atoms with Crippen LogP contribution in [0.2, 0.25) is 0 Å². The van der Waals surface area contributed by atoms with Gasteiger partial charge in [0.2, 0.25) is 0 Å². The number of anilines is 2. The molecule has 2 rings (SSSR count). The highest BCUT2D eigenvalue weighted by Crippen LogP contribution is 2.34. The summed E-state index contributed by atoms with van der Waals surface area (Å²) in [7, 11) is 1.57. The van der Waals surface area contributed by atoms with Crippen LogP contribution < -0.4 is 15.4 Å². The monoisotopic (exact) mass is 384 g/mol. The Morgan fingerprint density at radius 2 is 1.56 bits per heavy atom. The molecule has 0 saturated heterocycles. The Hall–Kier alpha value is -2.19. The van der Waals surface area contributed by atoms with Gasteiger partial charge >= 0.3 is 6.18 Å². The first-order valence-corrected chi connectivity index (χ1v) is 8.01. The van der Waals surface area contributed by atoms with E-state index in [-0.39, 0.29) is 17.1 Å². The van der Waals surface area contributed by atoms with Crippen molar-refractivity contribution in [2.75, 3.05) is 17.7 Å². The van der Waals surface area contributed by atoms with Crippen LogP contribution in [0.1, 0.15) is 12.0 Å². The fourth-order valence-corrected chi connectivity index (χ4v) is 2.67. The van der Waals surface area contributed by atoms with Gasteiger partial charge in [0.15, 0.2) is 0 Å². The number of nitrogens with one attached hydrogen (secondary N) is 2. The molecule has 2 aromatic rings. The molecule has 25 heavy (non-hydrogen) atoms. The molecule has 0 aliphatic rings. The summed E-state index contributed by atoms with van der Waals surface area (Å²) in [6.07, 6.45) is -4.33. The van der Waals surface area contributed by atoms with Gasteiger partial charge in [-0.3, -0.25) is 0 Å². The second kappa shape index (κ2) is 8.26. The molecule has 0 atom stereocenters. The van der Waals surface area contributed by atoms with Crippen LogP contribution in [0, 0.1) is 0 Å². The molecule has 0 aromatic heterocycles. The molecule has 0 aliphatic carbocycles. The Morgan fingerprint density at radius 1 is 0.960 bits per heavy atom. The molecule has 132 valence electrons. The molecular formula is C17H15F3N2OS2. The van der Waals surface area contributed by atoms with Crippen molar-refractivity contribution in [2.24, 2.45) is 0 Å². The Labute approximate surface area is 154 Å². The predicted octanol–water partition coefficient (Wildman–Crippen LogP) is 5.28. The van der Waals surface area contributed by atoms with Gasteiger partial charge < -0.3 is 15.4 Å². The molecule has 0 spiro atoms. The minimum absolute atomic E-state index is 0.0905. The third-order valence-corrected chi connectivity index (χ3v) is 3.69. The highest BCUT2D eigenvalue weighted by Gasteiger charge is 2.33. The summed E-state index contributed by atoms with van der Waals surface area (Å²) >= 11 is 10.3. The maximum atomic E-state index is 13.0. The molecule has 0 radical (unpaired) electrons. The van der Waals surface area contributed by atoms with Gasteiger partial charge in [0.25, 0.3) is 0 Å². The molecule has 0 saturated carbocycles. The van der Waals surface area contributed by atoms with Gasteiger partial charge in [0.1, 0.15) is 5.75 Å². The summed E-state index contributed by atoms with van der Waals surface area (Å²) in [5.74, 6) is 0.706. The standard InChI is InChI=1S/C17H15F3N2OS2/c1-23-12-8-6-11(7-9-12)21-15(24)10-16(25)22-14-5-3-2-4-13(14)17(18,19)20/h2-9H,10H2,1H3,(H,21,24)(H,22,25). The van der Waals surface area contributed by atoms with Gasteiger partial charge in [-0.05, 0) is 36.4 Å². The molecule has 0 fully saturated rings. The zero-order chi connectivity index (χ0) is 18.4. The molecule has 2 N–H and O–H groups in total. The number of thiocarbonyl (C=S) groups is 2. The van der Waals surface area contributed by atoms with Crippen LogP contribution in [0.5, 0.6) is 5.75 Å². The zero-order valence-corrected chi connectivity index (χ0v) is 14.8. The third kappa shape index (κ3) is 5.68. The van der Waals surface area contributed by atoms with Gasteiger partial charge in [-0.15, -0.1) is 0 Å². The fourth-order valence-electron chi connectivity index (χ4n) is 2.06. The zero-order valence-electron chi connectivity index (χ0n) is 13.2. The van der Waals surface area contributed by atoms with Crippen LogP contribution in [-0.2, 0) is 6.18 Å². The van der Waals surface area contributed by atoms with Crippen LogP contribution in [0.3, 0.4) is 0 Å². The van der Waals surface area contributed by atoms with Crippen LogP contribution in [0.4, 0.5) is 24.5 Å². The summed E-state index contributed by atoms with van der Waals surface area (Å²) in [5, 5.41) is 5.60. The Morgan fingerprint density at radius 3 is 2.16 bits per heavy atom. The van der Waals surface area contributed by atoms with Crippen molar-refractivity contribution in [3.8, 4) is 5.75 Å². The van der Waals surface area contributed by atoms with Crippen molar-refractivity contribution in [3.05, 3.63) is 54.1 Å². The van der Waals surface area contributed by atoms with Crippen LogP contribution in [0.25, 0.3) is 0 Å². The van der Waals surface area contributed by atoms with Crippen molar-refractivity contribution in [1.82, 2.24) is 0 Å². The van der Waals surface area contributed by atoms with Crippen molar-refractivity contribution in [3.63, 3.8) is 0 Å². The first-order valence-electron chi connectivity index (χ1n) is 7.19. The van der Waals surface area contributed by atoms with E-state index in [1.807, 2.05) is 0 Å². The number of halogens is 3. The van der Waals surface area contributed by atoms with Gasteiger partial charge in [0, 0.05) is 12.1 Å². The van der Waals surface area contributed by atoms with E-state index in [4.69, 9.17) is 29.2 Å². The lowest BCUT2D eigenvalue weighted by atomic mass is 10.1. The topological polar surface area (TPSA) is 33.3 Å². The number of benzene rings is 2. The number of hydrogen-bond donors (Lipinski definition) is 2. The van der Waals surface area contributed by atoms with E-state index < -0.39 is 11.7 Å². The maximum Gasteiger partial charge on any atom is 0.418 e. The molecule has 2 aromatic carbocycles. The molecule has 3 nitrogen and oxygen atoms in total. The van der Waals surface area contributed by atoms with E-state index >= 15 is 0 Å². The van der Waals surface area contributed by atoms with E-state index in [1.165, 1.54) is 18.2 Å². The smallest absolute Gasteiger partial charge is 0.418 e. The van der Waals surface area contributed by atoms with E-state index in [0.29, 0.717) is 10.7 Å². The molecule has 0 heterocycles. The SMILES string of the molecule is COc1ccc(NC(=S)CC(=S)Nc2ccccc2C(F)(F)F)cc1. The number of rotatable bonds is 5. The molecule has 0 unspecified atom stereocenters. The number of hydrogen-bond acceptors (Lipinski definition) is 3. The normalized spacial score (nSPS) is 10.9. The second-order valence-corrected chi connectivity index (χ2v) is 6.03. The molecule has 8 heteroatoms.